The second kappa shape index (κ2) is 4.27. The molecule has 86 valence electrons. The van der Waals surface area contributed by atoms with Crippen LogP contribution in [0.4, 0.5) is 0 Å². The molecule has 0 saturated carbocycles. The van der Waals surface area contributed by atoms with Gasteiger partial charge in [-0.25, -0.2) is 0 Å². The number of amides is 1. The minimum Gasteiger partial charge on any atom is -0.480 e. The van der Waals surface area contributed by atoms with Gasteiger partial charge in [0.2, 0.25) is 12.3 Å². The number of hydrogen-bond acceptors (Lipinski definition) is 6. The Morgan fingerprint density at radius 2 is 2.56 bits per heavy atom. The van der Waals surface area contributed by atoms with Gasteiger partial charge in [0.05, 0.1) is 13.1 Å². The molecular formula is C8H10N4O4. The molecule has 1 aromatic rings. The number of carbonyl (C=O) groups excluding carboxylic acids is 1. The molecule has 0 bridgehead atoms. The number of piperazine rings is 1. The average molecular weight is 226 g/mol. The molecule has 0 aliphatic carbocycles. The Bertz CT molecular complexity index is 391. The maximum atomic E-state index is 11.2. The van der Waals surface area contributed by atoms with E-state index in [2.05, 4.69) is 20.0 Å². The van der Waals surface area contributed by atoms with E-state index in [1.165, 1.54) is 4.90 Å². The van der Waals surface area contributed by atoms with Crippen molar-refractivity contribution in [1.29, 1.82) is 0 Å². The largest absolute Gasteiger partial charge is 0.480 e. The fourth-order valence-corrected chi connectivity index (χ4v) is 1.54. The van der Waals surface area contributed by atoms with Crippen LogP contribution in [-0.4, -0.2) is 51.2 Å². The molecule has 1 unspecified atom stereocenters. The summed E-state index contributed by atoms with van der Waals surface area (Å²) in [6, 6.07) is -0.754. The first-order chi connectivity index (χ1) is 7.66. The van der Waals surface area contributed by atoms with E-state index in [0.717, 1.165) is 6.39 Å². The molecule has 16 heavy (non-hydrogen) atoms. The van der Waals surface area contributed by atoms with Crippen LogP contribution >= 0.6 is 0 Å². The zero-order valence-electron chi connectivity index (χ0n) is 8.29. The standard InChI is InChI=1S/C8H10N4O4/c13-7-3-12(2-6-10-4-16-11-6)5(1-9-7)8(14)15/h4-5H,1-3H2,(H,9,13)(H,14,15). The predicted molar refractivity (Wildman–Crippen MR) is 49.1 cm³/mol. The summed E-state index contributed by atoms with van der Waals surface area (Å²) in [7, 11) is 0. The van der Waals surface area contributed by atoms with Gasteiger partial charge in [0, 0.05) is 6.54 Å². The number of aromatic nitrogens is 2. The number of hydrogen-bond donors (Lipinski definition) is 2. The quantitative estimate of drug-likeness (QED) is 0.642. The number of carboxylic acids is 1. The lowest BCUT2D eigenvalue weighted by molar-refractivity contribution is -0.146. The molecule has 8 nitrogen and oxygen atoms in total. The van der Waals surface area contributed by atoms with E-state index in [9.17, 15) is 9.59 Å². The van der Waals surface area contributed by atoms with Gasteiger partial charge in [-0.05, 0) is 0 Å². The van der Waals surface area contributed by atoms with E-state index in [1.807, 2.05) is 0 Å². The molecule has 8 heteroatoms. The minimum atomic E-state index is -0.983. The first-order valence-corrected chi connectivity index (χ1v) is 4.65. The summed E-state index contributed by atoms with van der Waals surface area (Å²) in [4.78, 5) is 27.4. The van der Waals surface area contributed by atoms with Gasteiger partial charge in [-0.15, -0.1) is 0 Å². The summed E-state index contributed by atoms with van der Waals surface area (Å²) in [5, 5.41) is 15.0. The molecule has 1 saturated heterocycles. The highest BCUT2D eigenvalue weighted by molar-refractivity contribution is 5.83. The summed E-state index contributed by atoms with van der Waals surface area (Å²) in [5.74, 6) is -0.828. The summed E-state index contributed by atoms with van der Waals surface area (Å²) in [5.41, 5.74) is 0. The lowest BCUT2D eigenvalue weighted by Crippen LogP contribution is -2.57. The average Bonchev–Trinajstić information content (AvgIpc) is 2.70. The van der Waals surface area contributed by atoms with Crippen molar-refractivity contribution in [2.45, 2.75) is 12.6 Å². The second-order valence-electron chi connectivity index (χ2n) is 3.41. The van der Waals surface area contributed by atoms with Crippen molar-refractivity contribution in [3.05, 3.63) is 12.2 Å². The highest BCUT2D eigenvalue weighted by Gasteiger charge is 2.32. The van der Waals surface area contributed by atoms with Crippen LogP contribution in [0.3, 0.4) is 0 Å². The van der Waals surface area contributed by atoms with E-state index in [-0.39, 0.29) is 25.5 Å². The van der Waals surface area contributed by atoms with Gasteiger partial charge >= 0.3 is 5.97 Å². The number of rotatable bonds is 3. The van der Waals surface area contributed by atoms with E-state index in [4.69, 9.17) is 5.11 Å². The van der Waals surface area contributed by atoms with Gasteiger partial charge in [0.15, 0.2) is 5.82 Å². The highest BCUT2D eigenvalue weighted by Crippen LogP contribution is 2.08. The molecule has 1 aliphatic rings. The number of nitrogens with one attached hydrogen (secondary N) is 1. The fourth-order valence-electron chi connectivity index (χ4n) is 1.54. The van der Waals surface area contributed by atoms with Crippen LogP contribution in [0.5, 0.6) is 0 Å². The fraction of sp³-hybridized carbons (Fsp3) is 0.500. The third kappa shape index (κ3) is 2.16. The minimum absolute atomic E-state index is 0.0194. The second-order valence-corrected chi connectivity index (χ2v) is 3.41. The Balaban J connectivity index is 2.08. The van der Waals surface area contributed by atoms with Crippen molar-refractivity contribution in [2.24, 2.45) is 0 Å². The van der Waals surface area contributed by atoms with Crippen LogP contribution in [0.1, 0.15) is 5.82 Å². The monoisotopic (exact) mass is 226 g/mol. The maximum absolute atomic E-state index is 11.2. The first kappa shape index (κ1) is 10.6. The topological polar surface area (TPSA) is 109 Å². The molecule has 1 aliphatic heterocycles. The third-order valence-electron chi connectivity index (χ3n) is 2.32. The van der Waals surface area contributed by atoms with Crippen LogP contribution in [0.25, 0.3) is 0 Å². The molecule has 2 heterocycles. The summed E-state index contributed by atoms with van der Waals surface area (Å²) in [6.07, 6.45) is 1.16. The third-order valence-corrected chi connectivity index (χ3v) is 2.32. The lowest BCUT2D eigenvalue weighted by Gasteiger charge is -2.31. The van der Waals surface area contributed by atoms with Gasteiger partial charge in [0.1, 0.15) is 6.04 Å². The summed E-state index contributed by atoms with van der Waals surface area (Å²) >= 11 is 0. The number of carboxylic acid groups (broad SMARTS) is 1. The molecule has 0 radical (unpaired) electrons. The van der Waals surface area contributed by atoms with Crippen LogP contribution in [0, 0.1) is 0 Å². The molecule has 1 atom stereocenters. The Morgan fingerprint density at radius 3 is 3.19 bits per heavy atom. The zero-order chi connectivity index (χ0) is 11.5. The Hall–Kier alpha value is -1.96. The van der Waals surface area contributed by atoms with Crippen molar-refractivity contribution in [3.63, 3.8) is 0 Å². The predicted octanol–water partition coefficient (Wildman–Crippen LogP) is -1.55. The number of aliphatic carboxylic acids is 1. The molecule has 1 aromatic heterocycles. The van der Waals surface area contributed by atoms with E-state index < -0.39 is 12.0 Å². The summed E-state index contributed by atoms with van der Waals surface area (Å²) in [6.45, 7) is 0.290. The highest BCUT2D eigenvalue weighted by atomic mass is 16.5. The normalized spacial score (nSPS) is 21.8. The SMILES string of the molecule is O=C1CN(Cc2ncon2)C(C(=O)O)CN1. The van der Waals surface area contributed by atoms with Gasteiger partial charge in [-0.3, -0.25) is 14.5 Å². The van der Waals surface area contributed by atoms with Gasteiger partial charge < -0.3 is 14.9 Å². The molecular weight excluding hydrogens is 216 g/mol. The van der Waals surface area contributed by atoms with E-state index in [0.29, 0.717) is 5.82 Å². The van der Waals surface area contributed by atoms with Crippen molar-refractivity contribution >= 4 is 11.9 Å². The molecule has 2 rings (SSSR count). The van der Waals surface area contributed by atoms with Gasteiger partial charge in [-0.1, -0.05) is 5.16 Å². The molecule has 0 spiro atoms. The molecule has 1 fully saturated rings. The van der Waals surface area contributed by atoms with Gasteiger partial charge in [0.25, 0.3) is 0 Å². The smallest absolute Gasteiger partial charge is 0.322 e. The Kier molecular flexibility index (Phi) is 2.82. The van der Waals surface area contributed by atoms with Gasteiger partial charge in [-0.2, -0.15) is 4.98 Å². The van der Waals surface area contributed by atoms with Crippen LogP contribution in [0.2, 0.25) is 0 Å². The molecule has 0 aromatic carbocycles. The van der Waals surface area contributed by atoms with Crippen molar-refractivity contribution in [1.82, 2.24) is 20.4 Å². The van der Waals surface area contributed by atoms with E-state index in [1.54, 1.807) is 0 Å². The summed E-state index contributed by atoms with van der Waals surface area (Å²) < 4.78 is 4.54. The maximum Gasteiger partial charge on any atom is 0.322 e. The van der Waals surface area contributed by atoms with Crippen LogP contribution < -0.4 is 5.32 Å². The van der Waals surface area contributed by atoms with Crippen LogP contribution in [0.15, 0.2) is 10.9 Å². The Morgan fingerprint density at radius 1 is 1.75 bits per heavy atom. The molecule has 1 amide bonds. The molecule has 2 N–H and O–H groups in total. The first-order valence-electron chi connectivity index (χ1n) is 4.65. The van der Waals surface area contributed by atoms with Crippen molar-refractivity contribution < 1.29 is 19.2 Å². The van der Waals surface area contributed by atoms with Crippen molar-refractivity contribution in [3.8, 4) is 0 Å². The van der Waals surface area contributed by atoms with Crippen LogP contribution in [-0.2, 0) is 16.1 Å². The zero-order valence-corrected chi connectivity index (χ0v) is 8.29. The van der Waals surface area contributed by atoms with E-state index >= 15 is 0 Å². The van der Waals surface area contributed by atoms with Crippen molar-refractivity contribution in [2.75, 3.05) is 13.1 Å². The number of nitrogens with zero attached hydrogens (tertiary/aromatic N) is 3. The lowest BCUT2D eigenvalue weighted by atomic mass is 10.2. The Labute approximate surface area is 90.2 Å². The number of carbonyl (C=O) groups is 2.